The summed E-state index contributed by atoms with van der Waals surface area (Å²) in [5, 5.41) is 5.81. The lowest BCUT2D eigenvalue weighted by Crippen LogP contribution is -2.55. The van der Waals surface area contributed by atoms with Gasteiger partial charge in [0, 0.05) is 19.6 Å². The highest BCUT2D eigenvalue weighted by atomic mass is 16.6. The van der Waals surface area contributed by atoms with Crippen LogP contribution in [0.5, 0.6) is 5.75 Å². The first-order valence-electron chi connectivity index (χ1n) is 15.4. The molecular weight excluding hydrogens is 594 g/mol. The van der Waals surface area contributed by atoms with Gasteiger partial charge in [-0.2, -0.15) is 4.90 Å². The Hall–Kier alpha value is -4.32. The molecule has 0 aliphatic carbocycles. The van der Waals surface area contributed by atoms with Gasteiger partial charge in [0.2, 0.25) is 0 Å². The highest BCUT2D eigenvalue weighted by Gasteiger charge is 2.40. The Labute approximate surface area is 272 Å². The van der Waals surface area contributed by atoms with E-state index in [0.717, 1.165) is 30.4 Å². The van der Waals surface area contributed by atoms with Crippen LogP contribution in [0.3, 0.4) is 0 Å². The van der Waals surface area contributed by atoms with E-state index in [1.165, 1.54) is 7.11 Å². The van der Waals surface area contributed by atoms with E-state index in [4.69, 9.17) is 23.7 Å². The monoisotopic (exact) mass is 643 g/mol. The molecule has 2 rings (SSSR count). The quantitative estimate of drug-likeness (QED) is 0.143. The van der Waals surface area contributed by atoms with Crippen LogP contribution in [-0.2, 0) is 36.8 Å². The molecule has 0 aliphatic heterocycles. The number of unbranched alkanes of at least 4 members (excludes halogenated alkanes) is 1. The second kappa shape index (κ2) is 18.6. The third-order valence-electron chi connectivity index (χ3n) is 6.15. The Balaban J connectivity index is 1.77. The zero-order valence-electron chi connectivity index (χ0n) is 28.1. The summed E-state index contributed by atoms with van der Waals surface area (Å²) in [6, 6.07) is 15.9. The predicted molar refractivity (Wildman–Crippen MR) is 172 cm³/mol. The van der Waals surface area contributed by atoms with E-state index in [0.29, 0.717) is 23.7 Å². The molecule has 12 heteroatoms. The van der Waals surface area contributed by atoms with Crippen molar-refractivity contribution in [1.82, 2.24) is 15.5 Å². The molecule has 0 heterocycles. The Kier molecular flexibility index (Phi) is 15.3. The van der Waals surface area contributed by atoms with E-state index >= 15 is 0 Å². The molecule has 254 valence electrons. The van der Waals surface area contributed by atoms with Crippen molar-refractivity contribution in [1.29, 1.82) is 0 Å². The molecule has 2 aromatic rings. The minimum Gasteiger partial charge on any atom is -0.492 e. The van der Waals surface area contributed by atoms with Crippen molar-refractivity contribution >= 4 is 24.2 Å². The van der Waals surface area contributed by atoms with Crippen molar-refractivity contribution in [2.45, 2.75) is 84.7 Å². The molecule has 0 fully saturated rings. The van der Waals surface area contributed by atoms with Crippen LogP contribution in [0.15, 0.2) is 54.6 Å². The molecule has 0 bridgehead atoms. The molecule has 0 aromatic heterocycles. The molecule has 12 nitrogen and oxygen atoms in total. The number of ether oxygens (including phenoxy) is 5. The van der Waals surface area contributed by atoms with Gasteiger partial charge < -0.3 is 34.3 Å². The van der Waals surface area contributed by atoms with Crippen molar-refractivity contribution < 1.29 is 42.9 Å². The molecule has 0 radical (unpaired) electrons. The molecule has 2 aromatic carbocycles. The number of methoxy groups -OCH3 is 1. The number of aryl methyl sites for hydroxylation is 1. The van der Waals surface area contributed by atoms with Gasteiger partial charge >= 0.3 is 24.2 Å². The summed E-state index contributed by atoms with van der Waals surface area (Å²) in [4.78, 5) is 51.1. The fourth-order valence-corrected chi connectivity index (χ4v) is 4.02. The lowest BCUT2D eigenvalue weighted by Gasteiger charge is -2.32. The standard InChI is InChI=1S/C34H49N3O9/c1-33(2,3)45-31(40)37(32(41)46-34(4,5)6)28(29(38)42-7)23-35-21-22-43-27-18-16-25(17-19-27)13-11-12-20-36-30(39)44-24-26-14-9-8-10-15-26/h8-10,14-19,28,35H,11-13,20-24H2,1-7H3,(H,36,39). The highest BCUT2D eigenvalue weighted by Crippen LogP contribution is 2.18. The molecule has 0 spiro atoms. The first kappa shape index (κ1) is 37.9. The van der Waals surface area contributed by atoms with Crippen molar-refractivity contribution in [2.75, 3.05) is 33.4 Å². The summed E-state index contributed by atoms with van der Waals surface area (Å²) < 4.78 is 26.7. The van der Waals surface area contributed by atoms with Gasteiger partial charge in [0.1, 0.15) is 30.2 Å². The molecule has 0 saturated heterocycles. The molecule has 0 saturated carbocycles. The minimum atomic E-state index is -1.33. The van der Waals surface area contributed by atoms with Gasteiger partial charge in [-0.05, 0) is 84.1 Å². The van der Waals surface area contributed by atoms with E-state index in [2.05, 4.69) is 10.6 Å². The summed E-state index contributed by atoms with van der Waals surface area (Å²) in [5.41, 5.74) is 0.257. The van der Waals surface area contributed by atoms with Crippen LogP contribution in [0, 0.1) is 0 Å². The summed E-state index contributed by atoms with van der Waals surface area (Å²) in [5.74, 6) is -0.137. The Morgan fingerprint density at radius 1 is 0.783 bits per heavy atom. The molecule has 1 unspecified atom stereocenters. The molecule has 1 atom stereocenters. The maximum absolute atomic E-state index is 13.0. The summed E-state index contributed by atoms with van der Waals surface area (Å²) >= 11 is 0. The van der Waals surface area contributed by atoms with Crippen LogP contribution in [0.1, 0.15) is 65.5 Å². The fourth-order valence-electron chi connectivity index (χ4n) is 4.02. The molecule has 2 N–H and O–H groups in total. The zero-order chi connectivity index (χ0) is 34.2. The third kappa shape index (κ3) is 15.1. The van der Waals surface area contributed by atoms with E-state index in [1.54, 1.807) is 41.5 Å². The van der Waals surface area contributed by atoms with Crippen LogP contribution in [0.4, 0.5) is 14.4 Å². The lowest BCUT2D eigenvalue weighted by molar-refractivity contribution is -0.146. The molecular formula is C34H49N3O9. The second-order valence-corrected chi connectivity index (χ2v) is 12.5. The third-order valence-corrected chi connectivity index (χ3v) is 6.15. The number of alkyl carbamates (subject to hydrolysis) is 1. The van der Waals surface area contributed by atoms with Crippen LogP contribution >= 0.6 is 0 Å². The second-order valence-electron chi connectivity index (χ2n) is 12.5. The number of carbonyl (C=O) groups excluding carboxylic acids is 4. The van der Waals surface area contributed by atoms with Gasteiger partial charge in [-0.1, -0.05) is 42.5 Å². The number of imide groups is 1. The number of amides is 3. The van der Waals surface area contributed by atoms with Gasteiger partial charge in [0.15, 0.2) is 6.04 Å². The summed E-state index contributed by atoms with van der Waals surface area (Å²) in [6.07, 6.45) is 0.0953. The number of nitrogens with zero attached hydrogens (tertiary/aromatic N) is 1. The predicted octanol–water partition coefficient (Wildman–Crippen LogP) is 5.62. The van der Waals surface area contributed by atoms with Gasteiger partial charge in [0.25, 0.3) is 0 Å². The van der Waals surface area contributed by atoms with Gasteiger partial charge in [0.05, 0.1) is 7.11 Å². The first-order valence-corrected chi connectivity index (χ1v) is 15.4. The van der Waals surface area contributed by atoms with E-state index in [-0.39, 0.29) is 19.8 Å². The normalized spacial score (nSPS) is 12.0. The fraction of sp³-hybridized carbons (Fsp3) is 0.529. The Morgan fingerprint density at radius 3 is 1.96 bits per heavy atom. The Morgan fingerprint density at radius 2 is 1.39 bits per heavy atom. The summed E-state index contributed by atoms with van der Waals surface area (Å²) in [7, 11) is 1.17. The largest absolute Gasteiger partial charge is 0.492 e. The maximum atomic E-state index is 13.0. The lowest BCUT2D eigenvalue weighted by atomic mass is 10.1. The molecule has 46 heavy (non-hydrogen) atoms. The first-order chi connectivity index (χ1) is 21.7. The minimum absolute atomic E-state index is 0.104. The van der Waals surface area contributed by atoms with Crippen molar-refractivity contribution in [2.24, 2.45) is 0 Å². The van der Waals surface area contributed by atoms with E-state index in [9.17, 15) is 19.2 Å². The van der Waals surface area contributed by atoms with Crippen LogP contribution in [-0.4, -0.2) is 79.7 Å². The van der Waals surface area contributed by atoms with Crippen LogP contribution in [0.25, 0.3) is 0 Å². The number of hydrogen-bond acceptors (Lipinski definition) is 10. The van der Waals surface area contributed by atoms with Gasteiger partial charge in [-0.15, -0.1) is 0 Å². The smallest absolute Gasteiger partial charge is 0.420 e. The number of carbonyl (C=O) groups is 4. The average molecular weight is 644 g/mol. The Bertz CT molecular complexity index is 1210. The maximum Gasteiger partial charge on any atom is 0.420 e. The SMILES string of the molecule is COC(=O)C(CNCCOc1ccc(CCCCNC(=O)OCc2ccccc2)cc1)N(C(=O)OC(C)(C)C)C(=O)OC(C)(C)C. The number of esters is 1. The van der Waals surface area contributed by atoms with E-state index < -0.39 is 41.5 Å². The summed E-state index contributed by atoms with van der Waals surface area (Å²) in [6.45, 7) is 11.2. The molecule has 3 amide bonds. The van der Waals surface area contributed by atoms with E-state index in [1.807, 2.05) is 54.6 Å². The topological polar surface area (TPSA) is 142 Å². The molecule has 0 aliphatic rings. The number of hydrogen-bond donors (Lipinski definition) is 2. The van der Waals surface area contributed by atoms with Crippen molar-refractivity contribution in [3.05, 3.63) is 65.7 Å². The number of rotatable bonds is 15. The van der Waals surface area contributed by atoms with Crippen LogP contribution in [0.2, 0.25) is 0 Å². The average Bonchev–Trinajstić information content (AvgIpc) is 2.98. The highest BCUT2D eigenvalue weighted by molar-refractivity contribution is 5.94. The zero-order valence-corrected chi connectivity index (χ0v) is 28.1. The van der Waals surface area contributed by atoms with Gasteiger partial charge in [-0.3, -0.25) is 0 Å². The van der Waals surface area contributed by atoms with Crippen molar-refractivity contribution in [3.8, 4) is 5.75 Å². The number of benzene rings is 2. The van der Waals surface area contributed by atoms with Gasteiger partial charge in [-0.25, -0.2) is 19.2 Å². The van der Waals surface area contributed by atoms with Crippen LogP contribution < -0.4 is 15.4 Å². The number of nitrogens with one attached hydrogen (secondary N) is 2. The van der Waals surface area contributed by atoms with Crippen molar-refractivity contribution in [3.63, 3.8) is 0 Å².